The average molecular weight is 1260 g/mol. The highest BCUT2D eigenvalue weighted by atomic mass is 32.1. The fraction of sp³-hybridized carbons (Fsp3) is 0.182. The van der Waals surface area contributed by atoms with Gasteiger partial charge in [-0.15, -0.1) is 22.7 Å². The summed E-state index contributed by atoms with van der Waals surface area (Å²) in [7, 11) is 0. The number of anilines is 10. The van der Waals surface area contributed by atoms with Crippen LogP contribution in [0.2, 0.25) is 0 Å². The van der Waals surface area contributed by atoms with Crippen LogP contribution in [0.3, 0.4) is 0 Å². The smallest absolute Gasteiger partial charge is 0.252 e. The molecule has 12 aromatic carbocycles. The van der Waals surface area contributed by atoms with Gasteiger partial charge in [0.25, 0.3) is 6.71 Å². The summed E-state index contributed by atoms with van der Waals surface area (Å²) < 4.78 is 5.23. The molecule has 4 nitrogen and oxygen atoms in total. The zero-order valence-corrected chi connectivity index (χ0v) is 55.8. The zero-order valence-electron chi connectivity index (χ0n) is 54.2. The van der Waals surface area contributed by atoms with Gasteiger partial charge in [0.2, 0.25) is 0 Å². The first-order valence-electron chi connectivity index (χ1n) is 34.5. The quantitative estimate of drug-likeness (QED) is 0.147. The van der Waals surface area contributed by atoms with Gasteiger partial charge in [-0.3, -0.25) is 0 Å². The minimum absolute atomic E-state index is 0.0712. The van der Waals surface area contributed by atoms with Gasteiger partial charge in [0.15, 0.2) is 0 Å². The van der Waals surface area contributed by atoms with Crippen LogP contribution >= 0.6 is 22.7 Å². The molecule has 4 unspecified atom stereocenters. The van der Waals surface area contributed by atoms with Crippen molar-refractivity contribution < 1.29 is 0 Å². The van der Waals surface area contributed by atoms with Crippen LogP contribution in [0.25, 0.3) is 73.7 Å². The SMILES string of the molecule is CC12CCCCC1(C)N(c1ccc3c(c1)N(c1cccc4c1sc1ccccc14)c1cc(N4c5ccc(-c6ccccc6)cc5C5(C)CCCCC45C)cc4c1B3c1ccc(-c3ccccc3)cc1N4c1ccc3sc4ccccc4c3c1)c1ccc(-c3ccccc3)cc12. The van der Waals surface area contributed by atoms with Gasteiger partial charge < -0.3 is 19.6 Å². The lowest BCUT2D eigenvalue weighted by molar-refractivity contribution is 0.195. The molecule has 4 atom stereocenters. The van der Waals surface area contributed by atoms with Crippen LogP contribution in [-0.2, 0) is 10.8 Å². The van der Waals surface area contributed by atoms with Crippen molar-refractivity contribution in [3.05, 3.63) is 272 Å². The van der Waals surface area contributed by atoms with E-state index in [-0.39, 0.29) is 28.6 Å². The second kappa shape index (κ2) is 20.4. The number of hydrogen-bond donors (Lipinski definition) is 0. The molecule has 14 aromatic rings. The van der Waals surface area contributed by atoms with E-state index in [1.807, 2.05) is 22.7 Å². The largest absolute Gasteiger partial charge is 0.334 e. The van der Waals surface area contributed by atoms with E-state index >= 15 is 0 Å². The summed E-state index contributed by atoms with van der Waals surface area (Å²) >= 11 is 3.83. The zero-order chi connectivity index (χ0) is 63.1. The first-order chi connectivity index (χ1) is 46.6. The lowest BCUT2D eigenvalue weighted by Gasteiger charge is -2.51. The number of thiophene rings is 2. The summed E-state index contributed by atoms with van der Waals surface area (Å²) in [6, 6.07) is 101. The third kappa shape index (κ3) is 7.77. The Balaban J connectivity index is 0.900. The highest BCUT2D eigenvalue weighted by Gasteiger charge is 2.60. The second-order valence-electron chi connectivity index (χ2n) is 28.9. The first-order valence-corrected chi connectivity index (χ1v) is 36.1. The molecule has 0 radical (unpaired) electrons. The minimum atomic E-state index is -0.239. The van der Waals surface area contributed by atoms with Crippen LogP contribution < -0.4 is 36.0 Å². The Morgan fingerprint density at radius 2 is 0.768 bits per heavy atom. The van der Waals surface area contributed by atoms with Gasteiger partial charge in [-0.1, -0.05) is 209 Å². The molecular weight excluding hydrogens is 1190 g/mol. The van der Waals surface area contributed by atoms with Crippen LogP contribution in [0.5, 0.6) is 0 Å². The van der Waals surface area contributed by atoms with Crippen molar-refractivity contribution in [1.29, 1.82) is 0 Å². The maximum absolute atomic E-state index is 2.85. The first kappa shape index (κ1) is 55.8. The highest BCUT2D eigenvalue weighted by molar-refractivity contribution is 7.26. The van der Waals surface area contributed by atoms with Gasteiger partial charge in [0.1, 0.15) is 0 Å². The molecule has 7 heteroatoms. The lowest BCUT2D eigenvalue weighted by atomic mass is 9.33. The molecule has 458 valence electrons. The highest BCUT2D eigenvalue weighted by Crippen LogP contribution is 2.65. The monoisotopic (exact) mass is 1260 g/mol. The molecule has 6 heterocycles. The molecular formula is C88H71BN4S2. The van der Waals surface area contributed by atoms with Crippen LogP contribution in [0, 0.1) is 0 Å². The minimum Gasteiger partial charge on any atom is -0.334 e. The molecule has 0 spiro atoms. The van der Waals surface area contributed by atoms with Crippen molar-refractivity contribution in [1.82, 2.24) is 0 Å². The molecule has 2 saturated carbocycles. The van der Waals surface area contributed by atoms with Crippen molar-refractivity contribution in [2.24, 2.45) is 0 Å². The van der Waals surface area contributed by atoms with E-state index in [1.165, 1.54) is 184 Å². The van der Waals surface area contributed by atoms with E-state index in [0.29, 0.717) is 0 Å². The van der Waals surface area contributed by atoms with Crippen LogP contribution in [0.4, 0.5) is 56.9 Å². The van der Waals surface area contributed by atoms with E-state index < -0.39 is 0 Å². The van der Waals surface area contributed by atoms with Gasteiger partial charge in [0.05, 0.1) is 21.5 Å². The van der Waals surface area contributed by atoms with Crippen LogP contribution in [0.1, 0.15) is 90.2 Å². The summed E-state index contributed by atoms with van der Waals surface area (Å²) in [5.41, 5.74) is 26.3. The third-order valence-corrected chi connectivity index (χ3v) is 26.7. The number of fused-ring (bicyclic) bond motifs is 16. The second-order valence-corrected chi connectivity index (χ2v) is 31.0. The molecule has 0 saturated heterocycles. The van der Waals surface area contributed by atoms with Crippen molar-refractivity contribution >= 4 is 143 Å². The molecule has 2 fully saturated rings. The lowest BCUT2D eigenvalue weighted by Crippen LogP contribution is -2.61. The van der Waals surface area contributed by atoms with Crippen molar-refractivity contribution in [2.75, 3.05) is 19.6 Å². The fourth-order valence-corrected chi connectivity index (χ4v) is 21.5. The van der Waals surface area contributed by atoms with E-state index in [0.717, 1.165) is 25.7 Å². The number of benzene rings is 12. The van der Waals surface area contributed by atoms with Gasteiger partial charge in [0, 0.05) is 97.7 Å². The Hall–Kier alpha value is -9.66. The Morgan fingerprint density at radius 1 is 0.305 bits per heavy atom. The molecule has 95 heavy (non-hydrogen) atoms. The number of nitrogens with zero attached hydrogens (tertiary/aromatic N) is 4. The Bertz CT molecular complexity index is 5520. The van der Waals surface area contributed by atoms with Crippen LogP contribution in [-0.4, -0.2) is 17.8 Å². The van der Waals surface area contributed by atoms with E-state index in [9.17, 15) is 0 Å². The van der Waals surface area contributed by atoms with Gasteiger partial charge in [-0.25, -0.2) is 0 Å². The molecule has 0 bridgehead atoms. The molecule has 6 aliphatic rings. The normalized spacial score (nSPS) is 21.4. The van der Waals surface area contributed by atoms with Crippen molar-refractivity contribution in [3.63, 3.8) is 0 Å². The Labute approximate surface area is 565 Å². The predicted molar refractivity (Wildman–Crippen MR) is 408 cm³/mol. The summed E-state index contributed by atoms with van der Waals surface area (Å²) in [5, 5.41) is 5.20. The van der Waals surface area contributed by atoms with Gasteiger partial charge in [-0.05, 0) is 191 Å². The molecule has 0 amide bonds. The van der Waals surface area contributed by atoms with Crippen LogP contribution in [0.15, 0.2) is 261 Å². The van der Waals surface area contributed by atoms with Crippen molar-refractivity contribution in [2.45, 2.75) is 101 Å². The number of rotatable bonds is 7. The maximum atomic E-state index is 2.85. The molecule has 2 aromatic heterocycles. The predicted octanol–water partition coefficient (Wildman–Crippen LogP) is 23.0. The summed E-state index contributed by atoms with van der Waals surface area (Å²) in [5.74, 6) is 0. The summed E-state index contributed by atoms with van der Waals surface area (Å²) in [6.07, 6.45) is 9.29. The Kier molecular flexibility index (Phi) is 12.0. The van der Waals surface area contributed by atoms with Gasteiger partial charge >= 0.3 is 0 Å². The summed E-state index contributed by atoms with van der Waals surface area (Å²) in [4.78, 5) is 11.1. The molecule has 20 rings (SSSR count). The number of hydrogen-bond acceptors (Lipinski definition) is 6. The molecule has 4 aliphatic heterocycles. The average Bonchev–Trinajstić information content (AvgIpc) is 1.68. The topological polar surface area (TPSA) is 13.0 Å². The standard InChI is InChI=1S/C88H71BN4S2/c1-85-45-18-20-47-87(85,3)92(73-42-36-59(49-69(73)85)56-23-8-5-9-24-56)63-38-41-72-77(53-63)91(75-32-22-31-67-65-29-14-17-34-81(65)95-84(67)75)79-55-64(93-74-43-37-60(57-25-10-6-11-26-57)50-70(74)86(2)46-19-21-48-88(86,93)4)54-78-83(79)89(72)71-40-35-61(58-27-12-7-13-28-58)51-76(71)90(78)62-39-44-82-68(52-62)66-30-15-16-33-80(66)94-82/h5-17,22-44,49-55H,18-21,45-48H2,1-4H3. The van der Waals surface area contributed by atoms with Crippen molar-refractivity contribution in [3.8, 4) is 33.4 Å². The molecule has 2 aliphatic carbocycles. The van der Waals surface area contributed by atoms with E-state index in [1.54, 1.807) is 0 Å². The third-order valence-electron chi connectivity index (χ3n) is 24.3. The fourth-order valence-electron chi connectivity index (χ4n) is 19.2. The summed E-state index contributed by atoms with van der Waals surface area (Å²) in [6.45, 7) is 10.3. The van der Waals surface area contributed by atoms with E-state index in [4.69, 9.17) is 0 Å². The molecule has 0 N–H and O–H groups in total. The van der Waals surface area contributed by atoms with Gasteiger partial charge in [-0.2, -0.15) is 0 Å². The maximum Gasteiger partial charge on any atom is 0.252 e. The Morgan fingerprint density at radius 3 is 1.39 bits per heavy atom. The van der Waals surface area contributed by atoms with E-state index in [2.05, 4.69) is 308 Å².